The molecule has 2 rings (SSSR count). The van der Waals surface area contributed by atoms with Crippen molar-refractivity contribution in [2.75, 3.05) is 20.8 Å². The van der Waals surface area contributed by atoms with E-state index in [1.807, 2.05) is 24.3 Å². The molecule has 8 heteroatoms. The lowest BCUT2D eigenvalue weighted by molar-refractivity contribution is -0.139. The summed E-state index contributed by atoms with van der Waals surface area (Å²) in [7, 11) is 3.06. The summed E-state index contributed by atoms with van der Waals surface area (Å²) in [5, 5.41) is 13.9. The van der Waals surface area contributed by atoms with Crippen LogP contribution in [0.2, 0.25) is 0 Å². The third-order valence-electron chi connectivity index (χ3n) is 3.29. The second kappa shape index (κ2) is 8.42. The first-order chi connectivity index (χ1) is 11.5. The van der Waals surface area contributed by atoms with Gasteiger partial charge < -0.3 is 19.9 Å². The van der Waals surface area contributed by atoms with Gasteiger partial charge in [-0.2, -0.15) is 0 Å². The van der Waals surface area contributed by atoms with Crippen LogP contribution in [-0.4, -0.2) is 48.8 Å². The topological polar surface area (TPSA) is 97.8 Å². The van der Waals surface area contributed by atoms with Crippen molar-refractivity contribution in [2.24, 2.45) is 0 Å². The maximum absolute atomic E-state index is 12.2. The van der Waals surface area contributed by atoms with Gasteiger partial charge in [0.2, 0.25) is 0 Å². The van der Waals surface area contributed by atoms with Crippen LogP contribution in [0.4, 0.5) is 0 Å². The van der Waals surface area contributed by atoms with Crippen LogP contribution in [0.15, 0.2) is 29.6 Å². The SMILES string of the molecule is COCCC(NC(=O)c1csc(-c2ccc(OC)cc2)n1)C(=O)O. The fourth-order valence-corrected chi connectivity index (χ4v) is 2.78. The van der Waals surface area contributed by atoms with Crippen LogP contribution in [0.25, 0.3) is 10.6 Å². The van der Waals surface area contributed by atoms with Crippen LogP contribution >= 0.6 is 11.3 Å². The van der Waals surface area contributed by atoms with Gasteiger partial charge in [-0.05, 0) is 24.3 Å². The van der Waals surface area contributed by atoms with Crippen molar-refractivity contribution in [3.8, 4) is 16.3 Å². The van der Waals surface area contributed by atoms with Gasteiger partial charge in [-0.25, -0.2) is 9.78 Å². The number of benzene rings is 1. The minimum Gasteiger partial charge on any atom is -0.497 e. The zero-order valence-corrected chi connectivity index (χ0v) is 14.1. The molecular weight excluding hydrogens is 332 g/mol. The van der Waals surface area contributed by atoms with Crippen molar-refractivity contribution in [3.05, 3.63) is 35.3 Å². The number of nitrogens with one attached hydrogen (secondary N) is 1. The van der Waals surface area contributed by atoms with E-state index >= 15 is 0 Å². The van der Waals surface area contributed by atoms with E-state index in [-0.39, 0.29) is 18.7 Å². The van der Waals surface area contributed by atoms with E-state index < -0.39 is 17.9 Å². The van der Waals surface area contributed by atoms with Crippen LogP contribution in [0.1, 0.15) is 16.9 Å². The Hall–Kier alpha value is -2.45. The second-order valence-electron chi connectivity index (χ2n) is 4.91. The average molecular weight is 350 g/mol. The fourth-order valence-electron chi connectivity index (χ4n) is 1.97. The normalized spacial score (nSPS) is 11.8. The molecule has 1 aromatic carbocycles. The van der Waals surface area contributed by atoms with Crippen LogP contribution in [-0.2, 0) is 9.53 Å². The molecule has 1 heterocycles. The molecule has 1 atom stereocenters. The molecule has 7 nitrogen and oxygen atoms in total. The van der Waals surface area contributed by atoms with Gasteiger partial charge in [-0.3, -0.25) is 4.79 Å². The molecule has 2 aromatic rings. The lowest BCUT2D eigenvalue weighted by atomic mass is 10.2. The molecule has 0 spiro atoms. The first-order valence-electron chi connectivity index (χ1n) is 7.17. The van der Waals surface area contributed by atoms with Crippen molar-refractivity contribution < 1.29 is 24.2 Å². The largest absolute Gasteiger partial charge is 0.497 e. The van der Waals surface area contributed by atoms with Gasteiger partial charge in [0, 0.05) is 31.1 Å². The molecule has 128 valence electrons. The zero-order valence-electron chi connectivity index (χ0n) is 13.3. The number of carboxylic acid groups (broad SMARTS) is 1. The van der Waals surface area contributed by atoms with Gasteiger partial charge in [0.05, 0.1) is 7.11 Å². The number of amides is 1. The second-order valence-corrected chi connectivity index (χ2v) is 5.77. The standard InChI is InChI=1S/C16H18N2O5S/c1-22-8-7-12(16(20)21)17-14(19)13-9-24-15(18-13)10-3-5-11(23-2)6-4-10/h3-6,9,12H,7-8H2,1-2H3,(H,17,19)(H,20,21). The molecule has 0 fully saturated rings. The molecule has 0 saturated heterocycles. The Kier molecular flexibility index (Phi) is 6.28. The highest BCUT2D eigenvalue weighted by molar-refractivity contribution is 7.13. The highest BCUT2D eigenvalue weighted by atomic mass is 32.1. The number of carbonyl (C=O) groups is 2. The van der Waals surface area contributed by atoms with E-state index in [2.05, 4.69) is 10.3 Å². The molecule has 0 bridgehead atoms. The summed E-state index contributed by atoms with van der Waals surface area (Å²) in [6.07, 6.45) is 0.188. The van der Waals surface area contributed by atoms with Gasteiger partial charge in [0.15, 0.2) is 0 Å². The number of thiazole rings is 1. The highest BCUT2D eigenvalue weighted by Gasteiger charge is 2.22. The minimum atomic E-state index is -1.11. The average Bonchev–Trinajstić information content (AvgIpc) is 3.08. The molecule has 24 heavy (non-hydrogen) atoms. The maximum Gasteiger partial charge on any atom is 0.326 e. The van der Waals surface area contributed by atoms with Gasteiger partial charge in [-0.15, -0.1) is 11.3 Å². The number of ether oxygens (including phenoxy) is 2. The molecule has 1 amide bonds. The van der Waals surface area contributed by atoms with Crippen LogP contribution in [0.5, 0.6) is 5.75 Å². The molecule has 2 N–H and O–H groups in total. The van der Waals surface area contributed by atoms with E-state index in [0.717, 1.165) is 11.3 Å². The van der Waals surface area contributed by atoms with Crippen molar-refractivity contribution in [1.82, 2.24) is 10.3 Å². The van der Waals surface area contributed by atoms with Gasteiger partial charge in [0.25, 0.3) is 5.91 Å². The summed E-state index contributed by atoms with van der Waals surface area (Å²) >= 11 is 1.31. The Morgan fingerprint density at radius 2 is 2.00 bits per heavy atom. The van der Waals surface area contributed by atoms with Crippen LogP contribution in [0, 0.1) is 0 Å². The quantitative estimate of drug-likeness (QED) is 0.756. The monoisotopic (exact) mass is 350 g/mol. The summed E-state index contributed by atoms with van der Waals surface area (Å²) in [5.41, 5.74) is 1.04. The molecule has 1 aromatic heterocycles. The molecule has 0 radical (unpaired) electrons. The minimum absolute atomic E-state index is 0.188. The zero-order chi connectivity index (χ0) is 17.5. The Labute approximate surface area is 143 Å². The third kappa shape index (κ3) is 4.53. The Morgan fingerprint density at radius 1 is 1.29 bits per heavy atom. The van der Waals surface area contributed by atoms with Crippen molar-refractivity contribution in [1.29, 1.82) is 0 Å². The van der Waals surface area contributed by atoms with Gasteiger partial charge >= 0.3 is 5.97 Å². The number of carboxylic acids is 1. The van der Waals surface area contributed by atoms with Crippen LogP contribution in [0.3, 0.4) is 0 Å². The number of aliphatic carboxylic acids is 1. The first-order valence-corrected chi connectivity index (χ1v) is 8.05. The number of hydrogen-bond acceptors (Lipinski definition) is 6. The smallest absolute Gasteiger partial charge is 0.326 e. The number of aromatic nitrogens is 1. The predicted molar refractivity (Wildman–Crippen MR) is 89.5 cm³/mol. The lowest BCUT2D eigenvalue weighted by Crippen LogP contribution is -2.41. The van der Waals surface area contributed by atoms with Crippen LogP contribution < -0.4 is 10.1 Å². The third-order valence-corrected chi connectivity index (χ3v) is 4.18. The Morgan fingerprint density at radius 3 is 2.58 bits per heavy atom. The van der Waals surface area contributed by atoms with E-state index in [0.29, 0.717) is 5.01 Å². The van der Waals surface area contributed by atoms with E-state index in [9.17, 15) is 9.59 Å². The van der Waals surface area contributed by atoms with Crippen molar-refractivity contribution >= 4 is 23.2 Å². The fraction of sp³-hybridized carbons (Fsp3) is 0.312. The number of methoxy groups -OCH3 is 2. The number of rotatable bonds is 8. The predicted octanol–water partition coefficient (Wildman–Crippen LogP) is 2.04. The molecule has 0 aliphatic rings. The molecule has 0 aliphatic carbocycles. The van der Waals surface area contributed by atoms with Crippen molar-refractivity contribution in [2.45, 2.75) is 12.5 Å². The summed E-state index contributed by atoms with van der Waals surface area (Å²) in [6.45, 7) is 0.241. The van der Waals surface area contributed by atoms with Gasteiger partial charge in [-0.1, -0.05) is 0 Å². The summed E-state index contributed by atoms with van der Waals surface area (Å²) in [4.78, 5) is 27.6. The lowest BCUT2D eigenvalue weighted by Gasteiger charge is -2.12. The number of carbonyl (C=O) groups excluding carboxylic acids is 1. The number of nitrogens with zero attached hydrogens (tertiary/aromatic N) is 1. The van der Waals surface area contributed by atoms with Gasteiger partial charge in [0.1, 0.15) is 22.5 Å². The Bertz CT molecular complexity index is 699. The highest BCUT2D eigenvalue weighted by Crippen LogP contribution is 2.25. The first kappa shape index (κ1) is 17.9. The van der Waals surface area contributed by atoms with E-state index in [4.69, 9.17) is 14.6 Å². The Balaban J connectivity index is 2.08. The maximum atomic E-state index is 12.2. The van der Waals surface area contributed by atoms with E-state index in [1.165, 1.54) is 18.4 Å². The number of hydrogen-bond donors (Lipinski definition) is 2. The molecule has 0 aliphatic heterocycles. The molecular formula is C16H18N2O5S. The summed E-state index contributed by atoms with van der Waals surface area (Å²) < 4.78 is 9.95. The van der Waals surface area contributed by atoms with E-state index in [1.54, 1.807) is 12.5 Å². The summed E-state index contributed by atoms with van der Waals surface area (Å²) in [6, 6.07) is 6.29. The van der Waals surface area contributed by atoms with Crippen molar-refractivity contribution in [3.63, 3.8) is 0 Å². The molecule has 1 unspecified atom stereocenters. The molecule has 0 saturated carbocycles. The summed E-state index contributed by atoms with van der Waals surface area (Å²) in [5.74, 6) is -0.892.